The minimum Gasteiger partial charge on any atom is -0.481 e. The highest BCUT2D eigenvalue weighted by molar-refractivity contribution is 5.70. The van der Waals surface area contributed by atoms with Crippen LogP contribution in [0.15, 0.2) is 24.3 Å². The van der Waals surface area contributed by atoms with Crippen LogP contribution < -0.4 is 0 Å². The molecule has 1 rings (SSSR count). The van der Waals surface area contributed by atoms with Gasteiger partial charge < -0.3 is 5.11 Å². The fourth-order valence-electron chi connectivity index (χ4n) is 2.04. The second-order valence-electron chi connectivity index (χ2n) is 4.63. The maximum atomic E-state index is 11.0. The number of carbonyl (C=O) groups is 1. The fraction of sp³-hybridized carbons (Fsp3) is 0.500. The summed E-state index contributed by atoms with van der Waals surface area (Å²) in [5.74, 6) is -0.617. The van der Waals surface area contributed by atoms with E-state index in [0.717, 1.165) is 0 Å². The molecule has 3 unspecified atom stereocenters. The van der Waals surface area contributed by atoms with Gasteiger partial charge in [0.25, 0.3) is 0 Å². The van der Waals surface area contributed by atoms with Crippen molar-refractivity contribution < 1.29 is 9.90 Å². The van der Waals surface area contributed by atoms with Crippen LogP contribution >= 0.6 is 0 Å². The standard InChI is InChI=1S/C14H20O2/c1-9-7-5-6-8-13(9)11(3)10(2)12(4)14(15)16/h5-8,10-12H,1-4H3,(H,15,16). The van der Waals surface area contributed by atoms with Gasteiger partial charge in [0.05, 0.1) is 5.92 Å². The molecule has 2 nitrogen and oxygen atoms in total. The molecule has 3 atom stereocenters. The van der Waals surface area contributed by atoms with Crippen molar-refractivity contribution in [2.45, 2.75) is 33.6 Å². The van der Waals surface area contributed by atoms with Crippen molar-refractivity contribution in [2.24, 2.45) is 11.8 Å². The lowest BCUT2D eigenvalue weighted by Gasteiger charge is -2.25. The highest BCUT2D eigenvalue weighted by Crippen LogP contribution is 2.31. The first kappa shape index (κ1) is 12.8. The lowest BCUT2D eigenvalue weighted by atomic mass is 9.80. The number of hydrogen-bond donors (Lipinski definition) is 1. The van der Waals surface area contributed by atoms with E-state index in [1.54, 1.807) is 6.92 Å². The number of aliphatic carboxylic acids is 1. The predicted octanol–water partition coefficient (Wildman–Crippen LogP) is 3.46. The molecule has 0 aliphatic carbocycles. The first-order valence-corrected chi connectivity index (χ1v) is 5.73. The van der Waals surface area contributed by atoms with Gasteiger partial charge >= 0.3 is 5.97 Å². The zero-order valence-electron chi connectivity index (χ0n) is 10.4. The average Bonchev–Trinajstić information content (AvgIpc) is 2.26. The maximum absolute atomic E-state index is 11.0. The molecule has 1 aromatic carbocycles. The second kappa shape index (κ2) is 5.15. The van der Waals surface area contributed by atoms with Gasteiger partial charge in [-0.1, -0.05) is 45.0 Å². The Morgan fingerprint density at radius 3 is 2.25 bits per heavy atom. The van der Waals surface area contributed by atoms with Gasteiger partial charge in [-0.25, -0.2) is 0 Å². The summed E-state index contributed by atoms with van der Waals surface area (Å²) in [6, 6.07) is 8.18. The SMILES string of the molecule is Cc1ccccc1C(C)C(C)C(C)C(=O)O. The Morgan fingerprint density at radius 2 is 1.75 bits per heavy atom. The third kappa shape index (κ3) is 2.63. The summed E-state index contributed by atoms with van der Waals surface area (Å²) < 4.78 is 0. The summed E-state index contributed by atoms with van der Waals surface area (Å²) in [4.78, 5) is 11.0. The van der Waals surface area contributed by atoms with Gasteiger partial charge in [-0.2, -0.15) is 0 Å². The molecule has 0 bridgehead atoms. The van der Waals surface area contributed by atoms with Gasteiger partial charge in [0.1, 0.15) is 0 Å². The van der Waals surface area contributed by atoms with Crippen LogP contribution in [0.1, 0.15) is 37.8 Å². The zero-order chi connectivity index (χ0) is 12.3. The second-order valence-corrected chi connectivity index (χ2v) is 4.63. The van der Waals surface area contributed by atoms with Crippen molar-refractivity contribution in [3.8, 4) is 0 Å². The molecular weight excluding hydrogens is 200 g/mol. The summed E-state index contributed by atoms with van der Waals surface area (Å²) >= 11 is 0. The monoisotopic (exact) mass is 220 g/mol. The van der Waals surface area contributed by atoms with Crippen molar-refractivity contribution in [1.82, 2.24) is 0 Å². The quantitative estimate of drug-likeness (QED) is 0.843. The number of benzene rings is 1. The summed E-state index contributed by atoms with van der Waals surface area (Å²) in [6.07, 6.45) is 0. The van der Waals surface area contributed by atoms with Crippen LogP contribution in [0.3, 0.4) is 0 Å². The van der Waals surface area contributed by atoms with Crippen LogP contribution in [0.25, 0.3) is 0 Å². The molecule has 0 aliphatic rings. The average molecular weight is 220 g/mol. The lowest BCUT2D eigenvalue weighted by molar-refractivity contribution is -0.143. The Labute approximate surface area is 97.3 Å². The van der Waals surface area contributed by atoms with Gasteiger partial charge in [0, 0.05) is 0 Å². The molecule has 0 spiro atoms. The Kier molecular flexibility index (Phi) is 4.11. The normalized spacial score (nSPS) is 16.5. The zero-order valence-corrected chi connectivity index (χ0v) is 10.4. The van der Waals surface area contributed by atoms with E-state index in [1.165, 1.54) is 11.1 Å². The van der Waals surface area contributed by atoms with Crippen LogP contribution in [0.5, 0.6) is 0 Å². The molecule has 0 heterocycles. The Morgan fingerprint density at radius 1 is 1.19 bits per heavy atom. The van der Waals surface area contributed by atoms with E-state index in [0.29, 0.717) is 0 Å². The predicted molar refractivity (Wildman–Crippen MR) is 65.6 cm³/mol. The molecule has 1 N–H and O–H groups in total. The van der Waals surface area contributed by atoms with Gasteiger partial charge in [-0.15, -0.1) is 0 Å². The minimum absolute atomic E-state index is 0.138. The van der Waals surface area contributed by atoms with Crippen molar-refractivity contribution in [2.75, 3.05) is 0 Å². The molecular formula is C14H20O2. The van der Waals surface area contributed by atoms with Crippen molar-refractivity contribution in [3.05, 3.63) is 35.4 Å². The van der Waals surface area contributed by atoms with Crippen molar-refractivity contribution in [1.29, 1.82) is 0 Å². The van der Waals surface area contributed by atoms with Gasteiger partial charge in [0.2, 0.25) is 0 Å². The number of carboxylic acids is 1. The van der Waals surface area contributed by atoms with Gasteiger partial charge in [-0.05, 0) is 29.9 Å². The van der Waals surface area contributed by atoms with E-state index in [9.17, 15) is 4.79 Å². The van der Waals surface area contributed by atoms with E-state index in [-0.39, 0.29) is 17.8 Å². The summed E-state index contributed by atoms with van der Waals surface area (Å²) in [7, 11) is 0. The summed E-state index contributed by atoms with van der Waals surface area (Å²) in [6.45, 7) is 7.97. The molecule has 0 aromatic heterocycles. The number of rotatable bonds is 4. The van der Waals surface area contributed by atoms with Gasteiger partial charge in [0.15, 0.2) is 0 Å². The van der Waals surface area contributed by atoms with Crippen LogP contribution in [-0.2, 0) is 4.79 Å². The number of carboxylic acid groups (broad SMARTS) is 1. The Bertz CT molecular complexity index is 371. The fourth-order valence-corrected chi connectivity index (χ4v) is 2.04. The van der Waals surface area contributed by atoms with E-state index < -0.39 is 5.97 Å². The molecule has 0 saturated heterocycles. The first-order chi connectivity index (χ1) is 7.45. The first-order valence-electron chi connectivity index (χ1n) is 5.73. The Hall–Kier alpha value is -1.31. The molecule has 1 aromatic rings. The van der Waals surface area contributed by atoms with Crippen LogP contribution in [0.4, 0.5) is 0 Å². The smallest absolute Gasteiger partial charge is 0.306 e. The Balaban J connectivity index is 2.90. The molecule has 0 radical (unpaired) electrons. The number of aryl methyl sites for hydroxylation is 1. The highest BCUT2D eigenvalue weighted by Gasteiger charge is 2.25. The molecule has 0 amide bonds. The lowest BCUT2D eigenvalue weighted by Crippen LogP contribution is -2.23. The van der Waals surface area contributed by atoms with Crippen molar-refractivity contribution >= 4 is 5.97 Å². The molecule has 16 heavy (non-hydrogen) atoms. The van der Waals surface area contributed by atoms with Crippen LogP contribution in [0.2, 0.25) is 0 Å². The van der Waals surface area contributed by atoms with E-state index in [2.05, 4.69) is 26.0 Å². The largest absolute Gasteiger partial charge is 0.481 e. The van der Waals surface area contributed by atoms with E-state index in [1.807, 2.05) is 19.1 Å². The maximum Gasteiger partial charge on any atom is 0.306 e. The highest BCUT2D eigenvalue weighted by atomic mass is 16.4. The third-order valence-electron chi connectivity index (χ3n) is 3.65. The van der Waals surface area contributed by atoms with Gasteiger partial charge in [-0.3, -0.25) is 4.79 Å². The van der Waals surface area contributed by atoms with Crippen LogP contribution in [0, 0.1) is 18.8 Å². The minimum atomic E-state index is -0.715. The van der Waals surface area contributed by atoms with Crippen molar-refractivity contribution in [3.63, 3.8) is 0 Å². The third-order valence-corrected chi connectivity index (χ3v) is 3.65. The summed E-state index contributed by atoms with van der Waals surface area (Å²) in [5, 5.41) is 9.02. The summed E-state index contributed by atoms with van der Waals surface area (Å²) in [5.41, 5.74) is 2.49. The number of hydrogen-bond acceptors (Lipinski definition) is 1. The molecule has 0 aliphatic heterocycles. The van der Waals surface area contributed by atoms with Crippen LogP contribution in [-0.4, -0.2) is 11.1 Å². The molecule has 2 heteroatoms. The molecule has 0 saturated carbocycles. The molecule has 0 fully saturated rings. The van der Waals surface area contributed by atoms with E-state index >= 15 is 0 Å². The molecule has 88 valence electrons. The topological polar surface area (TPSA) is 37.3 Å². The van der Waals surface area contributed by atoms with E-state index in [4.69, 9.17) is 5.11 Å².